The first kappa shape index (κ1) is 12.7. The Labute approximate surface area is 124 Å². The van der Waals surface area contributed by atoms with Crippen LogP contribution in [-0.4, -0.2) is 23.2 Å². The lowest BCUT2D eigenvalue weighted by Crippen LogP contribution is -2.18. The molecule has 0 N–H and O–H groups in total. The van der Waals surface area contributed by atoms with Crippen LogP contribution in [0.15, 0.2) is 29.8 Å². The lowest BCUT2D eigenvalue weighted by atomic mass is 9.79. The van der Waals surface area contributed by atoms with Crippen molar-refractivity contribution >= 4 is 41.7 Å². The topological polar surface area (TPSA) is 20.3 Å². The highest BCUT2D eigenvalue weighted by atomic mass is 127. The molecule has 1 aromatic carbocycles. The smallest absolute Gasteiger partial charge is 0.160 e. The van der Waals surface area contributed by atoms with E-state index in [4.69, 9.17) is 0 Å². The molecular weight excluding hydrogens is 357 g/mol. The number of hydrogen-bond donors (Lipinski definition) is 0. The number of fused-ring (bicyclic) bond motifs is 2. The molecule has 2 aliphatic rings. The van der Waals surface area contributed by atoms with E-state index in [2.05, 4.69) is 43.7 Å². The van der Waals surface area contributed by atoms with E-state index < -0.39 is 0 Å². The maximum atomic E-state index is 12.0. The summed E-state index contributed by atoms with van der Waals surface area (Å²) >= 11 is 2.32. The molecule has 1 fully saturated rings. The largest absolute Gasteiger partial charge is 0.294 e. The third-order valence-corrected chi connectivity index (χ3v) is 5.93. The van der Waals surface area contributed by atoms with Crippen molar-refractivity contribution in [3.8, 4) is 0 Å². The van der Waals surface area contributed by atoms with Crippen LogP contribution in [-0.2, 0) is 11.2 Å². The quantitative estimate of drug-likeness (QED) is 0.586. The standard InChI is InChI=1S/C14H14INOS/c1-9(17)14-12-5-3-2-4-10(12)6-11-7-16(18-15)8-13(11)14/h2-5,11H,6-8H2,1H3. The average Bonchev–Trinajstić information content (AvgIpc) is 2.77. The number of Topliss-reactive ketones (excluding diaryl/α,β-unsaturated/α-hetero) is 1. The van der Waals surface area contributed by atoms with E-state index in [1.807, 2.05) is 6.07 Å². The van der Waals surface area contributed by atoms with E-state index in [0.717, 1.165) is 30.6 Å². The first-order valence-electron chi connectivity index (χ1n) is 6.06. The Morgan fingerprint density at radius 3 is 2.94 bits per heavy atom. The highest BCUT2D eigenvalue weighted by Gasteiger charge is 2.35. The molecule has 0 radical (unpaired) electrons. The minimum atomic E-state index is 0.211. The number of carbonyl (C=O) groups is 1. The zero-order valence-electron chi connectivity index (χ0n) is 10.1. The summed E-state index contributed by atoms with van der Waals surface area (Å²) in [5.41, 5.74) is 4.83. The second kappa shape index (κ2) is 4.98. The maximum absolute atomic E-state index is 12.0. The molecule has 1 aliphatic heterocycles. The zero-order valence-corrected chi connectivity index (χ0v) is 13.1. The Morgan fingerprint density at radius 1 is 1.44 bits per heavy atom. The minimum absolute atomic E-state index is 0.211. The zero-order chi connectivity index (χ0) is 12.7. The molecule has 18 heavy (non-hydrogen) atoms. The molecule has 0 bridgehead atoms. The molecule has 1 unspecified atom stereocenters. The fourth-order valence-corrected chi connectivity index (χ4v) is 4.38. The molecule has 2 nitrogen and oxygen atoms in total. The number of nitrogens with zero attached hydrogens (tertiary/aromatic N) is 1. The molecular formula is C14H14INOS. The van der Waals surface area contributed by atoms with Gasteiger partial charge in [0.05, 0.1) is 0 Å². The number of rotatable bonds is 2. The van der Waals surface area contributed by atoms with Gasteiger partial charge < -0.3 is 0 Å². The summed E-state index contributed by atoms with van der Waals surface area (Å²) in [6, 6.07) is 8.36. The van der Waals surface area contributed by atoms with Gasteiger partial charge in [-0.15, -0.1) is 0 Å². The van der Waals surface area contributed by atoms with Crippen molar-refractivity contribution in [3.63, 3.8) is 0 Å². The number of carbonyl (C=O) groups excluding carboxylic acids is 1. The van der Waals surface area contributed by atoms with Crippen LogP contribution in [0.1, 0.15) is 18.1 Å². The summed E-state index contributed by atoms with van der Waals surface area (Å²) in [7, 11) is 1.75. The highest BCUT2D eigenvalue weighted by molar-refractivity contribution is 14.2. The van der Waals surface area contributed by atoms with Gasteiger partial charge in [0.25, 0.3) is 0 Å². The molecule has 1 aromatic rings. The molecule has 3 rings (SSSR count). The van der Waals surface area contributed by atoms with E-state index >= 15 is 0 Å². The van der Waals surface area contributed by atoms with Crippen molar-refractivity contribution in [3.05, 3.63) is 41.0 Å². The third kappa shape index (κ3) is 2.04. The Bertz CT molecular complexity index is 540. The van der Waals surface area contributed by atoms with Gasteiger partial charge >= 0.3 is 0 Å². The van der Waals surface area contributed by atoms with Gasteiger partial charge in [-0.1, -0.05) is 24.3 Å². The SMILES string of the molecule is CC(=O)C1=C2CN(SI)CC2Cc2ccccc21. The van der Waals surface area contributed by atoms with Crippen molar-refractivity contribution in [2.75, 3.05) is 13.1 Å². The molecule has 1 heterocycles. The van der Waals surface area contributed by atoms with Gasteiger partial charge in [0.15, 0.2) is 5.78 Å². The molecule has 1 atom stereocenters. The monoisotopic (exact) mass is 371 g/mol. The van der Waals surface area contributed by atoms with Crippen LogP contribution < -0.4 is 0 Å². The first-order valence-corrected chi connectivity index (χ1v) is 9.38. The Hall–Kier alpha value is -0.330. The summed E-state index contributed by atoms with van der Waals surface area (Å²) in [5, 5.41) is 0. The molecule has 0 saturated carbocycles. The second-order valence-electron chi connectivity index (χ2n) is 4.91. The summed E-state index contributed by atoms with van der Waals surface area (Å²) in [6.45, 7) is 3.69. The number of allylic oxidation sites excluding steroid dienone is 1. The highest BCUT2D eigenvalue weighted by Crippen LogP contribution is 2.42. The molecule has 1 saturated heterocycles. The molecule has 94 valence electrons. The van der Waals surface area contributed by atoms with Crippen LogP contribution in [0.5, 0.6) is 0 Å². The van der Waals surface area contributed by atoms with Crippen molar-refractivity contribution in [2.24, 2.45) is 5.92 Å². The number of halogens is 1. The minimum Gasteiger partial charge on any atom is -0.294 e. The molecule has 0 spiro atoms. The second-order valence-corrected chi connectivity index (χ2v) is 6.74. The van der Waals surface area contributed by atoms with Gasteiger partial charge in [-0.2, -0.15) is 0 Å². The summed E-state index contributed by atoms with van der Waals surface area (Å²) < 4.78 is 2.34. The van der Waals surface area contributed by atoms with Crippen LogP contribution in [0, 0.1) is 5.92 Å². The predicted molar refractivity (Wildman–Crippen MR) is 84.4 cm³/mol. The van der Waals surface area contributed by atoms with E-state index in [9.17, 15) is 4.79 Å². The van der Waals surface area contributed by atoms with Crippen LogP contribution in [0.2, 0.25) is 0 Å². The van der Waals surface area contributed by atoms with Gasteiger partial charge in [-0.05, 0) is 45.1 Å². The van der Waals surface area contributed by atoms with Crippen molar-refractivity contribution in [1.29, 1.82) is 0 Å². The number of benzene rings is 1. The Morgan fingerprint density at radius 2 is 2.22 bits per heavy atom. The van der Waals surface area contributed by atoms with Crippen LogP contribution in [0.25, 0.3) is 5.57 Å². The van der Waals surface area contributed by atoms with E-state index in [1.54, 1.807) is 16.0 Å². The summed E-state index contributed by atoms with van der Waals surface area (Å²) in [6.07, 6.45) is 1.08. The predicted octanol–water partition coefficient (Wildman–Crippen LogP) is 3.52. The van der Waals surface area contributed by atoms with Crippen molar-refractivity contribution in [1.82, 2.24) is 4.31 Å². The normalized spacial score (nSPS) is 22.9. The first-order chi connectivity index (χ1) is 8.70. The van der Waals surface area contributed by atoms with E-state index in [-0.39, 0.29) is 5.78 Å². The van der Waals surface area contributed by atoms with Gasteiger partial charge in [-0.25, -0.2) is 4.31 Å². The number of hydrogen-bond acceptors (Lipinski definition) is 3. The van der Waals surface area contributed by atoms with Crippen molar-refractivity contribution in [2.45, 2.75) is 13.3 Å². The molecule has 1 aliphatic carbocycles. The summed E-state index contributed by atoms with van der Waals surface area (Å²) in [5.74, 6) is 0.739. The summed E-state index contributed by atoms with van der Waals surface area (Å²) in [4.78, 5) is 12.0. The molecule has 0 amide bonds. The van der Waals surface area contributed by atoms with Gasteiger partial charge in [-0.3, -0.25) is 4.79 Å². The van der Waals surface area contributed by atoms with Crippen LogP contribution in [0.4, 0.5) is 0 Å². The van der Waals surface area contributed by atoms with E-state index in [0.29, 0.717) is 5.92 Å². The van der Waals surface area contributed by atoms with Gasteiger partial charge in [0, 0.05) is 39.9 Å². The van der Waals surface area contributed by atoms with Gasteiger partial charge in [0.1, 0.15) is 0 Å². The fourth-order valence-electron chi connectivity index (χ4n) is 3.06. The number of ketones is 1. The van der Waals surface area contributed by atoms with Crippen LogP contribution >= 0.6 is 30.3 Å². The maximum Gasteiger partial charge on any atom is 0.160 e. The van der Waals surface area contributed by atoms with Gasteiger partial charge in [0.2, 0.25) is 0 Å². The lowest BCUT2D eigenvalue weighted by molar-refractivity contribution is -0.111. The van der Waals surface area contributed by atoms with E-state index in [1.165, 1.54) is 11.1 Å². The fraction of sp³-hybridized carbons (Fsp3) is 0.357. The molecule has 0 aromatic heterocycles. The Balaban J connectivity index is 2.13. The third-order valence-electron chi connectivity index (χ3n) is 3.79. The average molecular weight is 371 g/mol. The Kier molecular flexibility index (Phi) is 3.51. The lowest BCUT2D eigenvalue weighted by Gasteiger charge is -2.24. The van der Waals surface area contributed by atoms with Crippen molar-refractivity contribution < 1.29 is 4.79 Å². The van der Waals surface area contributed by atoms with Crippen LogP contribution in [0.3, 0.4) is 0 Å². The molecule has 4 heteroatoms.